The van der Waals surface area contributed by atoms with Crippen LogP contribution in [-0.2, 0) is 0 Å². The number of methoxy groups -OCH3 is 4. The minimum atomic E-state index is -0.464. The third-order valence-corrected chi connectivity index (χ3v) is 4.33. The summed E-state index contributed by atoms with van der Waals surface area (Å²) in [6, 6.07) is 8.69. The summed E-state index contributed by atoms with van der Waals surface area (Å²) in [4.78, 5) is 12.7. The van der Waals surface area contributed by atoms with Crippen molar-refractivity contribution in [3.8, 4) is 34.1 Å². The van der Waals surface area contributed by atoms with Crippen LogP contribution in [-0.4, -0.2) is 28.4 Å². The normalized spacial score (nSPS) is 10.7. The molecule has 0 bridgehead atoms. The van der Waals surface area contributed by atoms with E-state index in [1.807, 2.05) is 6.92 Å². The van der Waals surface area contributed by atoms with E-state index in [0.717, 1.165) is 5.56 Å². The van der Waals surface area contributed by atoms with Gasteiger partial charge < -0.3 is 23.4 Å². The summed E-state index contributed by atoms with van der Waals surface area (Å²) < 4.78 is 27.0. The Bertz CT molecular complexity index is 1020. The van der Waals surface area contributed by atoms with Gasteiger partial charge in [0.1, 0.15) is 28.6 Å². The van der Waals surface area contributed by atoms with Gasteiger partial charge in [0.15, 0.2) is 0 Å². The third kappa shape index (κ3) is 2.83. The van der Waals surface area contributed by atoms with Crippen molar-refractivity contribution in [1.29, 1.82) is 0 Å². The van der Waals surface area contributed by atoms with Crippen molar-refractivity contribution in [2.45, 2.75) is 6.92 Å². The highest BCUT2D eigenvalue weighted by Crippen LogP contribution is 2.39. The number of rotatable bonds is 5. The first-order valence-corrected chi connectivity index (χ1v) is 7.95. The molecule has 0 amide bonds. The third-order valence-electron chi connectivity index (χ3n) is 4.33. The molecule has 0 N–H and O–H groups in total. The Kier molecular flexibility index (Phi) is 4.75. The van der Waals surface area contributed by atoms with E-state index in [2.05, 4.69) is 0 Å². The van der Waals surface area contributed by atoms with Gasteiger partial charge in [-0.25, -0.2) is 4.79 Å². The van der Waals surface area contributed by atoms with Crippen molar-refractivity contribution in [2.75, 3.05) is 28.4 Å². The van der Waals surface area contributed by atoms with Gasteiger partial charge in [-0.2, -0.15) is 0 Å². The Hall–Kier alpha value is -3.15. The Morgan fingerprint density at radius 2 is 1.46 bits per heavy atom. The monoisotopic (exact) mass is 356 g/mol. The summed E-state index contributed by atoms with van der Waals surface area (Å²) in [6.45, 7) is 1.85. The lowest BCUT2D eigenvalue weighted by atomic mass is 9.98. The molecule has 0 saturated heterocycles. The number of hydrogen-bond donors (Lipinski definition) is 0. The molecule has 6 nitrogen and oxygen atoms in total. The highest BCUT2D eigenvalue weighted by Gasteiger charge is 2.20. The van der Waals surface area contributed by atoms with E-state index in [1.54, 1.807) is 58.8 Å². The first-order chi connectivity index (χ1) is 12.5. The second-order valence-electron chi connectivity index (χ2n) is 5.66. The van der Waals surface area contributed by atoms with Crippen LogP contribution >= 0.6 is 0 Å². The van der Waals surface area contributed by atoms with Crippen LogP contribution < -0.4 is 24.6 Å². The standard InChI is InChI=1S/C20H20O6/c1-11-18(14-7-6-12(22-2)8-15(14)24-4)20(21)26-17-10-13(23-3)9-16(25-5)19(11)17/h6-10H,1-5H3. The summed E-state index contributed by atoms with van der Waals surface area (Å²) in [5, 5.41) is 0.709. The number of ether oxygens (including phenoxy) is 4. The van der Waals surface area contributed by atoms with E-state index in [9.17, 15) is 4.79 Å². The van der Waals surface area contributed by atoms with Gasteiger partial charge in [-0.05, 0) is 24.6 Å². The molecule has 6 heteroatoms. The summed E-state index contributed by atoms with van der Waals surface area (Å²) in [6.07, 6.45) is 0. The van der Waals surface area contributed by atoms with Crippen molar-refractivity contribution in [1.82, 2.24) is 0 Å². The van der Waals surface area contributed by atoms with Gasteiger partial charge in [-0.3, -0.25) is 0 Å². The molecule has 0 atom stereocenters. The molecular formula is C20H20O6. The van der Waals surface area contributed by atoms with Crippen LogP contribution in [0.4, 0.5) is 0 Å². The summed E-state index contributed by atoms with van der Waals surface area (Å²) in [5.41, 5.74) is 1.72. The van der Waals surface area contributed by atoms with Crippen LogP contribution in [0.3, 0.4) is 0 Å². The summed E-state index contributed by atoms with van der Waals surface area (Å²) in [5.74, 6) is 2.27. The average molecular weight is 356 g/mol. The van der Waals surface area contributed by atoms with E-state index in [1.165, 1.54) is 0 Å². The molecule has 136 valence electrons. The lowest BCUT2D eigenvalue weighted by Crippen LogP contribution is -2.08. The Labute approximate surface area is 150 Å². The molecule has 0 radical (unpaired) electrons. The fourth-order valence-electron chi connectivity index (χ4n) is 3.04. The zero-order chi connectivity index (χ0) is 18.8. The van der Waals surface area contributed by atoms with Gasteiger partial charge in [-0.15, -0.1) is 0 Å². The largest absolute Gasteiger partial charge is 0.497 e. The predicted octanol–water partition coefficient (Wildman–Crippen LogP) is 3.80. The van der Waals surface area contributed by atoms with E-state index in [-0.39, 0.29) is 0 Å². The average Bonchev–Trinajstić information content (AvgIpc) is 2.66. The maximum atomic E-state index is 12.7. The molecule has 0 unspecified atom stereocenters. The molecular weight excluding hydrogens is 336 g/mol. The number of benzene rings is 2. The molecule has 0 aliphatic heterocycles. The lowest BCUT2D eigenvalue weighted by molar-refractivity contribution is 0.394. The zero-order valence-electron chi connectivity index (χ0n) is 15.3. The maximum Gasteiger partial charge on any atom is 0.344 e. The first kappa shape index (κ1) is 17.7. The Morgan fingerprint density at radius 3 is 2.08 bits per heavy atom. The fraction of sp³-hybridized carbons (Fsp3) is 0.250. The van der Waals surface area contributed by atoms with Crippen LogP contribution in [0.5, 0.6) is 23.0 Å². The molecule has 0 saturated carbocycles. The molecule has 0 fully saturated rings. The van der Waals surface area contributed by atoms with Crippen molar-refractivity contribution >= 4 is 11.0 Å². The minimum absolute atomic E-state index is 0.403. The van der Waals surface area contributed by atoms with Gasteiger partial charge in [-0.1, -0.05) is 0 Å². The van der Waals surface area contributed by atoms with Gasteiger partial charge in [0, 0.05) is 23.8 Å². The maximum absolute atomic E-state index is 12.7. The summed E-state index contributed by atoms with van der Waals surface area (Å²) in [7, 11) is 6.22. The quantitative estimate of drug-likeness (QED) is 0.648. The minimum Gasteiger partial charge on any atom is -0.497 e. The topological polar surface area (TPSA) is 67.1 Å². The molecule has 2 aromatic carbocycles. The highest BCUT2D eigenvalue weighted by molar-refractivity contribution is 5.93. The van der Waals surface area contributed by atoms with E-state index in [4.69, 9.17) is 23.4 Å². The van der Waals surface area contributed by atoms with E-state index < -0.39 is 5.63 Å². The molecule has 1 aromatic heterocycles. The molecule has 0 aliphatic carbocycles. The molecule has 3 rings (SSSR count). The molecule has 26 heavy (non-hydrogen) atoms. The van der Waals surface area contributed by atoms with Crippen LogP contribution in [0.1, 0.15) is 5.56 Å². The fourth-order valence-corrected chi connectivity index (χ4v) is 3.04. The number of aryl methyl sites for hydroxylation is 1. The SMILES string of the molecule is COc1ccc(-c2c(C)c3c(OC)cc(OC)cc3oc2=O)c(OC)c1. The Morgan fingerprint density at radius 1 is 0.808 bits per heavy atom. The van der Waals surface area contributed by atoms with E-state index >= 15 is 0 Å². The van der Waals surface area contributed by atoms with Crippen molar-refractivity contribution in [2.24, 2.45) is 0 Å². The van der Waals surface area contributed by atoms with Gasteiger partial charge in [0.25, 0.3) is 0 Å². The second-order valence-corrected chi connectivity index (χ2v) is 5.66. The first-order valence-electron chi connectivity index (χ1n) is 7.95. The van der Waals surface area contributed by atoms with Gasteiger partial charge in [0.2, 0.25) is 0 Å². The van der Waals surface area contributed by atoms with Crippen molar-refractivity contribution in [3.05, 3.63) is 46.3 Å². The molecule has 0 aliphatic rings. The van der Waals surface area contributed by atoms with E-state index in [0.29, 0.717) is 45.1 Å². The van der Waals surface area contributed by atoms with Crippen LogP contribution in [0.15, 0.2) is 39.5 Å². The zero-order valence-corrected chi connectivity index (χ0v) is 15.3. The lowest BCUT2D eigenvalue weighted by Gasteiger charge is -2.15. The van der Waals surface area contributed by atoms with Crippen LogP contribution in [0.25, 0.3) is 22.1 Å². The van der Waals surface area contributed by atoms with Gasteiger partial charge in [0.05, 0.1) is 39.4 Å². The number of fused-ring (bicyclic) bond motifs is 1. The van der Waals surface area contributed by atoms with Crippen molar-refractivity contribution in [3.63, 3.8) is 0 Å². The molecule has 1 heterocycles. The smallest absolute Gasteiger partial charge is 0.344 e. The predicted molar refractivity (Wildman–Crippen MR) is 98.9 cm³/mol. The van der Waals surface area contributed by atoms with Crippen LogP contribution in [0.2, 0.25) is 0 Å². The van der Waals surface area contributed by atoms with Gasteiger partial charge >= 0.3 is 5.63 Å². The van der Waals surface area contributed by atoms with Crippen molar-refractivity contribution < 1.29 is 23.4 Å². The number of hydrogen-bond acceptors (Lipinski definition) is 6. The summed E-state index contributed by atoms with van der Waals surface area (Å²) >= 11 is 0. The second kappa shape index (κ2) is 7.00. The molecule has 0 spiro atoms. The highest BCUT2D eigenvalue weighted by atomic mass is 16.5. The van der Waals surface area contributed by atoms with Crippen LogP contribution in [0, 0.1) is 6.92 Å². The Balaban J connectivity index is 2.37. The molecule has 3 aromatic rings.